The van der Waals surface area contributed by atoms with Crippen molar-refractivity contribution < 1.29 is 9.53 Å². The Morgan fingerprint density at radius 2 is 1.75 bits per heavy atom. The van der Waals surface area contributed by atoms with Crippen molar-refractivity contribution in [1.82, 2.24) is 5.32 Å². The van der Waals surface area contributed by atoms with Crippen molar-refractivity contribution in [3.05, 3.63) is 0 Å². The summed E-state index contributed by atoms with van der Waals surface area (Å²) in [5.41, 5.74) is -0.230. The van der Waals surface area contributed by atoms with Crippen LogP contribution in [0.25, 0.3) is 0 Å². The molecule has 3 heteroatoms. The predicted molar refractivity (Wildman–Crippen MR) is 63.1 cm³/mol. The van der Waals surface area contributed by atoms with Crippen molar-refractivity contribution in [2.45, 2.75) is 58.1 Å². The Morgan fingerprint density at radius 3 is 2.12 bits per heavy atom. The van der Waals surface area contributed by atoms with Crippen molar-refractivity contribution in [3.8, 4) is 0 Å². The molecule has 92 valence electrons. The SMILES string of the molecule is CC(C)(C)OCC(=O)NC(C1CC1)C1CC1. The second-order valence-corrected chi connectivity index (χ2v) is 6.17. The Kier molecular flexibility index (Phi) is 3.24. The number of rotatable bonds is 5. The van der Waals surface area contributed by atoms with E-state index in [-0.39, 0.29) is 18.1 Å². The highest BCUT2D eigenvalue weighted by atomic mass is 16.5. The maximum Gasteiger partial charge on any atom is 0.246 e. The number of hydrogen-bond acceptors (Lipinski definition) is 2. The number of amides is 1. The zero-order valence-corrected chi connectivity index (χ0v) is 10.6. The van der Waals surface area contributed by atoms with Crippen molar-refractivity contribution in [2.75, 3.05) is 6.61 Å². The van der Waals surface area contributed by atoms with Crippen LogP contribution in [0.15, 0.2) is 0 Å². The third kappa shape index (κ3) is 3.78. The van der Waals surface area contributed by atoms with E-state index in [2.05, 4.69) is 5.32 Å². The Hall–Kier alpha value is -0.570. The van der Waals surface area contributed by atoms with Gasteiger partial charge >= 0.3 is 0 Å². The van der Waals surface area contributed by atoms with Gasteiger partial charge in [0.15, 0.2) is 0 Å². The molecule has 1 amide bonds. The van der Waals surface area contributed by atoms with Crippen LogP contribution in [-0.4, -0.2) is 24.2 Å². The zero-order valence-electron chi connectivity index (χ0n) is 10.6. The fourth-order valence-electron chi connectivity index (χ4n) is 2.04. The molecule has 2 rings (SSSR count). The Bertz CT molecular complexity index is 250. The molecule has 0 heterocycles. The van der Waals surface area contributed by atoms with E-state index in [0.29, 0.717) is 6.04 Å². The van der Waals surface area contributed by atoms with E-state index in [0.717, 1.165) is 11.8 Å². The molecule has 0 spiro atoms. The standard InChI is InChI=1S/C13H23NO2/c1-13(2,3)16-8-11(15)14-12(9-4-5-9)10-6-7-10/h9-10,12H,4-8H2,1-3H3,(H,14,15). The lowest BCUT2D eigenvalue weighted by Crippen LogP contribution is -2.41. The molecule has 0 unspecified atom stereocenters. The van der Waals surface area contributed by atoms with Crippen molar-refractivity contribution in [3.63, 3.8) is 0 Å². The number of nitrogens with one attached hydrogen (secondary N) is 1. The molecule has 0 atom stereocenters. The van der Waals surface area contributed by atoms with E-state index in [9.17, 15) is 4.79 Å². The van der Waals surface area contributed by atoms with Crippen LogP contribution in [0, 0.1) is 11.8 Å². The Balaban J connectivity index is 1.72. The van der Waals surface area contributed by atoms with Gasteiger partial charge in [0, 0.05) is 6.04 Å². The van der Waals surface area contributed by atoms with Crippen molar-refractivity contribution >= 4 is 5.91 Å². The van der Waals surface area contributed by atoms with Gasteiger partial charge in [-0.1, -0.05) is 0 Å². The third-order valence-corrected chi connectivity index (χ3v) is 3.22. The molecule has 0 aromatic heterocycles. The monoisotopic (exact) mass is 225 g/mol. The van der Waals surface area contributed by atoms with Crippen LogP contribution in [0.4, 0.5) is 0 Å². The average Bonchev–Trinajstić information content (AvgIpc) is 3.00. The molecule has 2 aliphatic carbocycles. The van der Waals surface area contributed by atoms with E-state index in [1.807, 2.05) is 20.8 Å². The lowest BCUT2D eigenvalue weighted by Gasteiger charge is -2.21. The van der Waals surface area contributed by atoms with Crippen LogP contribution in [0.5, 0.6) is 0 Å². The summed E-state index contributed by atoms with van der Waals surface area (Å²) in [4.78, 5) is 11.7. The van der Waals surface area contributed by atoms with E-state index in [4.69, 9.17) is 4.74 Å². The van der Waals surface area contributed by atoms with Gasteiger partial charge < -0.3 is 10.1 Å². The minimum atomic E-state index is -0.230. The van der Waals surface area contributed by atoms with Crippen LogP contribution < -0.4 is 5.32 Å². The van der Waals surface area contributed by atoms with Gasteiger partial charge in [0.1, 0.15) is 6.61 Å². The first-order chi connectivity index (χ1) is 7.46. The van der Waals surface area contributed by atoms with Crippen LogP contribution in [0.3, 0.4) is 0 Å². The highest BCUT2D eigenvalue weighted by Gasteiger charge is 2.42. The topological polar surface area (TPSA) is 38.3 Å². The fraction of sp³-hybridized carbons (Fsp3) is 0.923. The average molecular weight is 225 g/mol. The molecule has 16 heavy (non-hydrogen) atoms. The number of carbonyl (C=O) groups excluding carboxylic acids is 1. The molecule has 2 fully saturated rings. The van der Waals surface area contributed by atoms with Gasteiger partial charge in [-0.2, -0.15) is 0 Å². The lowest BCUT2D eigenvalue weighted by molar-refractivity contribution is -0.131. The summed E-state index contributed by atoms with van der Waals surface area (Å²) in [6.45, 7) is 6.11. The van der Waals surface area contributed by atoms with Gasteiger partial charge in [0.25, 0.3) is 0 Å². The largest absolute Gasteiger partial charge is 0.366 e. The first-order valence-corrected chi connectivity index (χ1v) is 6.39. The quantitative estimate of drug-likeness (QED) is 0.778. The minimum absolute atomic E-state index is 0.0544. The molecular formula is C13H23NO2. The fourth-order valence-corrected chi connectivity index (χ4v) is 2.04. The van der Waals surface area contributed by atoms with Gasteiger partial charge in [0.2, 0.25) is 5.91 Å². The summed E-state index contributed by atoms with van der Waals surface area (Å²) in [7, 11) is 0. The van der Waals surface area contributed by atoms with Crippen LogP contribution >= 0.6 is 0 Å². The molecule has 0 bridgehead atoms. The number of hydrogen-bond donors (Lipinski definition) is 1. The molecule has 3 nitrogen and oxygen atoms in total. The van der Waals surface area contributed by atoms with Gasteiger partial charge in [-0.15, -0.1) is 0 Å². The number of carbonyl (C=O) groups is 1. The second-order valence-electron chi connectivity index (χ2n) is 6.17. The first kappa shape index (κ1) is 11.9. The van der Waals surface area contributed by atoms with Crippen LogP contribution in [0.1, 0.15) is 46.5 Å². The molecule has 1 N–H and O–H groups in total. The van der Waals surface area contributed by atoms with Gasteiger partial charge in [-0.05, 0) is 58.3 Å². The Labute approximate surface area is 97.9 Å². The third-order valence-electron chi connectivity index (χ3n) is 3.22. The number of ether oxygens (including phenoxy) is 1. The normalized spacial score (nSPS) is 21.2. The molecule has 0 radical (unpaired) electrons. The predicted octanol–water partition coefficient (Wildman–Crippen LogP) is 2.11. The minimum Gasteiger partial charge on any atom is -0.366 e. The van der Waals surface area contributed by atoms with Gasteiger partial charge in [0.05, 0.1) is 5.60 Å². The summed E-state index contributed by atoms with van der Waals surface area (Å²) >= 11 is 0. The molecule has 0 saturated heterocycles. The maximum atomic E-state index is 11.7. The zero-order chi connectivity index (χ0) is 11.8. The van der Waals surface area contributed by atoms with E-state index in [1.165, 1.54) is 25.7 Å². The van der Waals surface area contributed by atoms with Gasteiger partial charge in [-0.25, -0.2) is 0 Å². The lowest BCUT2D eigenvalue weighted by atomic mass is 10.1. The second kappa shape index (κ2) is 4.36. The summed E-state index contributed by atoms with van der Waals surface area (Å²) in [5.74, 6) is 1.57. The smallest absolute Gasteiger partial charge is 0.246 e. The van der Waals surface area contributed by atoms with Crippen LogP contribution in [-0.2, 0) is 9.53 Å². The molecule has 0 aromatic rings. The summed E-state index contributed by atoms with van der Waals surface area (Å²) in [6, 6.07) is 0.441. The van der Waals surface area contributed by atoms with Crippen LogP contribution in [0.2, 0.25) is 0 Å². The summed E-state index contributed by atoms with van der Waals surface area (Å²) < 4.78 is 5.48. The van der Waals surface area contributed by atoms with Crippen molar-refractivity contribution in [1.29, 1.82) is 0 Å². The molecular weight excluding hydrogens is 202 g/mol. The highest BCUT2D eigenvalue weighted by molar-refractivity contribution is 5.77. The van der Waals surface area contributed by atoms with Crippen molar-refractivity contribution in [2.24, 2.45) is 11.8 Å². The molecule has 2 aliphatic rings. The molecule has 0 aromatic carbocycles. The van der Waals surface area contributed by atoms with E-state index >= 15 is 0 Å². The summed E-state index contributed by atoms with van der Waals surface area (Å²) in [6.07, 6.45) is 5.17. The first-order valence-electron chi connectivity index (χ1n) is 6.39. The molecule has 0 aliphatic heterocycles. The highest BCUT2D eigenvalue weighted by Crippen LogP contribution is 2.44. The molecule has 2 saturated carbocycles. The van der Waals surface area contributed by atoms with E-state index < -0.39 is 0 Å². The summed E-state index contributed by atoms with van der Waals surface area (Å²) in [5, 5.41) is 3.15. The Morgan fingerprint density at radius 1 is 1.25 bits per heavy atom. The maximum absolute atomic E-state index is 11.7. The van der Waals surface area contributed by atoms with E-state index in [1.54, 1.807) is 0 Å². The van der Waals surface area contributed by atoms with Gasteiger partial charge in [-0.3, -0.25) is 4.79 Å².